The smallest absolute Gasteiger partial charge is 0.221 e. The first-order chi connectivity index (χ1) is 8.50. The molecule has 1 atom stereocenters. The van der Waals surface area contributed by atoms with Gasteiger partial charge in [0.05, 0.1) is 6.10 Å². The Labute approximate surface area is 110 Å². The van der Waals surface area contributed by atoms with Gasteiger partial charge in [-0.1, -0.05) is 27.7 Å². The summed E-state index contributed by atoms with van der Waals surface area (Å²) in [5, 5.41) is 3.38. The summed E-state index contributed by atoms with van der Waals surface area (Å²) in [5.41, 5.74) is 1.02. The van der Waals surface area contributed by atoms with Gasteiger partial charge in [0, 0.05) is 18.3 Å². The lowest BCUT2D eigenvalue weighted by Crippen LogP contribution is -2.23. The Hall–Kier alpha value is -1.16. The molecule has 0 fully saturated rings. The van der Waals surface area contributed by atoms with Crippen LogP contribution in [0.25, 0.3) is 0 Å². The summed E-state index contributed by atoms with van der Waals surface area (Å²) in [6.45, 7) is 12.5. The van der Waals surface area contributed by atoms with E-state index in [0.29, 0.717) is 17.7 Å². The molecule has 1 aromatic heterocycles. The second-order valence-corrected chi connectivity index (χ2v) is 5.44. The van der Waals surface area contributed by atoms with E-state index < -0.39 is 0 Å². The van der Waals surface area contributed by atoms with Gasteiger partial charge in [-0.05, 0) is 25.3 Å². The van der Waals surface area contributed by atoms with E-state index in [4.69, 9.17) is 4.74 Å². The van der Waals surface area contributed by atoms with Gasteiger partial charge in [0.1, 0.15) is 6.33 Å². The Kier molecular flexibility index (Phi) is 6.05. The first-order valence-electron chi connectivity index (χ1n) is 6.67. The molecular formula is C14H25N3O. The van der Waals surface area contributed by atoms with Gasteiger partial charge >= 0.3 is 0 Å². The zero-order valence-electron chi connectivity index (χ0n) is 12.1. The van der Waals surface area contributed by atoms with Crippen LogP contribution in [0.15, 0.2) is 12.5 Å². The van der Waals surface area contributed by atoms with E-state index in [-0.39, 0.29) is 6.10 Å². The number of hydrogen-bond acceptors (Lipinski definition) is 4. The predicted octanol–water partition coefficient (Wildman–Crippen LogP) is 2.65. The minimum Gasteiger partial charge on any atom is -0.474 e. The van der Waals surface area contributed by atoms with E-state index in [2.05, 4.69) is 49.9 Å². The van der Waals surface area contributed by atoms with Crippen molar-refractivity contribution in [3.8, 4) is 5.88 Å². The van der Waals surface area contributed by atoms with Gasteiger partial charge in [-0.15, -0.1) is 0 Å². The zero-order valence-corrected chi connectivity index (χ0v) is 12.1. The molecule has 4 heteroatoms. The predicted molar refractivity (Wildman–Crippen MR) is 73.5 cm³/mol. The molecule has 4 nitrogen and oxygen atoms in total. The van der Waals surface area contributed by atoms with Crippen molar-refractivity contribution in [1.29, 1.82) is 0 Å². The molecule has 0 saturated carbocycles. The second kappa shape index (κ2) is 7.31. The maximum Gasteiger partial charge on any atom is 0.221 e. The summed E-state index contributed by atoms with van der Waals surface area (Å²) in [6, 6.07) is 0. The molecule has 1 unspecified atom stereocenters. The molecular weight excluding hydrogens is 226 g/mol. The fourth-order valence-electron chi connectivity index (χ4n) is 1.38. The molecule has 0 aliphatic rings. The van der Waals surface area contributed by atoms with Gasteiger partial charge in [0.2, 0.25) is 5.88 Å². The summed E-state index contributed by atoms with van der Waals surface area (Å²) in [7, 11) is 0. The van der Waals surface area contributed by atoms with E-state index in [1.165, 1.54) is 6.33 Å². The van der Waals surface area contributed by atoms with Crippen molar-refractivity contribution >= 4 is 0 Å². The molecule has 1 heterocycles. The number of nitrogens with one attached hydrogen (secondary N) is 1. The molecule has 1 rings (SSSR count). The monoisotopic (exact) mass is 251 g/mol. The van der Waals surface area contributed by atoms with Gasteiger partial charge in [-0.25, -0.2) is 9.97 Å². The summed E-state index contributed by atoms with van der Waals surface area (Å²) in [5.74, 6) is 1.80. The van der Waals surface area contributed by atoms with Gasteiger partial charge in [-0.3, -0.25) is 0 Å². The second-order valence-electron chi connectivity index (χ2n) is 5.44. The molecule has 0 saturated heterocycles. The highest BCUT2D eigenvalue weighted by atomic mass is 16.5. The van der Waals surface area contributed by atoms with Crippen LogP contribution in [-0.4, -0.2) is 22.6 Å². The molecule has 0 aliphatic carbocycles. The van der Waals surface area contributed by atoms with Crippen molar-refractivity contribution in [3.63, 3.8) is 0 Å². The molecule has 0 radical (unpaired) electrons. The summed E-state index contributed by atoms with van der Waals surface area (Å²) in [4.78, 5) is 8.29. The first-order valence-corrected chi connectivity index (χ1v) is 6.67. The standard InChI is InChI=1S/C14H25N3O/c1-10(2)6-15-7-13-8-16-9-17-14(13)18-12(5)11(3)4/h8-12,15H,6-7H2,1-5H3. The van der Waals surface area contributed by atoms with Crippen molar-refractivity contribution in [3.05, 3.63) is 18.1 Å². The molecule has 0 aliphatic heterocycles. The fourth-order valence-corrected chi connectivity index (χ4v) is 1.38. The van der Waals surface area contributed by atoms with Crippen LogP contribution in [0.1, 0.15) is 40.2 Å². The van der Waals surface area contributed by atoms with Crippen molar-refractivity contribution in [2.75, 3.05) is 6.54 Å². The van der Waals surface area contributed by atoms with E-state index >= 15 is 0 Å². The zero-order chi connectivity index (χ0) is 13.5. The average Bonchev–Trinajstić information content (AvgIpc) is 2.30. The lowest BCUT2D eigenvalue weighted by molar-refractivity contribution is 0.161. The van der Waals surface area contributed by atoms with Crippen LogP contribution in [0.3, 0.4) is 0 Å². The van der Waals surface area contributed by atoms with Crippen molar-refractivity contribution in [2.45, 2.75) is 47.3 Å². The highest BCUT2D eigenvalue weighted by molar-refractivity contribution is 5.22. The highest BCUT2D eigenvalue weighted by Gasteiger charge is 2.12. The summed E-state index contributed by atoms with van der Waals surface area (Å²) >= 11 is 0. The van der Waals surface area contributed by atoms with Gasteiger partial charge < -0.3 is 10.1 Å². The van der Waals surface area contributed by atoms with E-state index in [0.717, 1.165) is 18.7 Å². The summed E-state index contributed by atoms with van der Waals surface area (Å²) in [6.07, 6.45) is 3.51. The van der Waals surface area contributed by atoms with Crippen molar-refractivity contribution < 1.29 is 4.74 Å². The molecule has 0 bridgehead atoms. The maximum atomic E-state index is 5.87. The molecule has 0 amide bonds. The van der Waals surface area contributed by atoms with E-state index in [1.807, 2.05) is 6.20 Å². The maximum absolute atomic E-state index is 5.87. The van der Waals surface area contributed by atoms with Crippen LogP contribution in [-0.2, 0) is 6.54 Å². The quantitative estimate of drug-likeness (QED) is 0.809. The molecule has 18 heavy (non-hydrogen) atoms. The third-order valence-corrected chi connectivity index (χ3v) is 2.85. The summed E-state index contributed by atoms with van der Waals surface area (Å²) < 4.78 is 5.87. The van der Waals surface area contributed by atoms with Crippen LogP contribution in [0, 0.1) is 11.8 Å². The largest absolute Gasteiger partial charge is 0.474 e. The first kappa shape index (κ1) is 14.9. The lowest BCUT2D eigenvalue weighted by atomic mass is 10.1. The van der Waals surface area contributed by atoms with E-state index in [1.54, 1.807) is 0 Å². The Bertz CT molecular complexity index is 353. The Morgan fingerprint density at radius 3 is 2.56 bits per heavy atom. The minimum atomic E-state index is 0.156. The van der Waals surface area contributed by atoms with Crippen LogP contribution >= 0.6 is 0 Å². The normalized spacial score (nSPS) is 13.1. The van der Waals surface area contributed by atoms with Crippen LogP contribution < -0.4 is 10.1 Å². The third-order valence-electron chi connectivity index (χ3n) is 2.85. The highest BCUT2D eigenvalue weighted by Crippen LogP contribution is 2.17. The van der Waals surface area contributed by atoms with Gasteiger partial charge in [0.15, 0.2) is 0 Å². The average molecular weight is 251 g/mol. The minimum absolute atomic E-state index is 0.156. The number of hydrogen-bond donors (Lipinski definition) is 1. The van der Waals surface area contributed by atoms with Crippen LogP contribution in [0.2, 0.25) is 0 Å². The fraction of sp³-hybridized carbons (Fsp3) is 0.714. The Balaban J connectivity index is 2.61. The Morgan fingerprint density at radius 1 is 1.22 bits per heavy atom. The molecule has 1 aromatic rings. The third kappa shape index (κ3) is 5.00. The number of rotatable bonds is 7. The molecule has 0 aromatic carbocycles. The lowest BCUT2D eigenvalue weighted by Gasteiger charge is -2.19. The SMILES string of the molecule is CC(C)CNCc1cncnc1OC(C)C(C)C. The molecule has 0 spiro atoms. The van der Waals surface area contributed by atoms with Crippen molar-refractivity contribution in [1.82, 2.24) is 15.3 Å². The van der Waals surface area contributed by atoms with Crippen LogP contribution in [0.5, 0.6) is 5.88 Å². The van der Waals surface area contributed by atoms with E-state index in [9.17, 15) is 0 Å². The Morgan fingerprint density at radius 2 is 1.94 bits per heavy atom. The molecule has 1 N–H and O–H groups in total. The van der Waals surface area contributed by atoms with Gasteiger partial charge in [-0.2, -0.15) is 0 Å². The topological polar surface area (TPSA) is 47.0 Å². The number of nitrogens with zero attached hydrogens (tertiary/aromatic N) is 2. The number of ether oxygens (including phenoxy) is 1. The van der Waals surface area contributed by atoms with Crippen molar-refractivity contribution in [2.24, 2.45) is 11.8 Å². The number of aromatic nitrogens is 2. The van der Waals surface area contributed by atoms with Gasteiger partial charge in [0.25, 0.3) is 0 Å². The molecule has 102 valence electrons. The van der Waals surface area contributed by atoms with Crippen LogP contribution in [0.4, 0.5) is 0 Å².